The molecule has 140 valence electrons. The molecule has 0 amide bonds. The lowest BCUT2D eigenvalue weighted by atomic mass is 10.2. The normalized spacial score (nSPS) is 12.3. The van der Waals surface area contributed by atoms with Crippen LogP contribution in [0.3, 0.4) is 0 Å². The van der Waals surface area contributed by atoms with Gasteiger partial charge >= 0.3 is 0 Å². The van der Waals surface area contributed by atoms with E-state index >= 15 is 0 Å². The van der Waals surface area contributed by atoms with Crippen LogP contribution in [0.15, 0.2) is 35.3 Å². The van der Waals surface area contributed by atoms with E-state index in [4.69, 9.17) is 6.57 Å². The van der Waals surface area contributed by atoms with Crippen molar-refractivity contribution in [1.29, 1.82) is 15.8 Å². The molecule has 30 heavy (non-hydrogen) atoms. The molecule has 0 fully saturated rings. The lowest BCUT2D eigenvalue weighted by Gasteiger charge is -1.92. The zero-order valence-electron chi connectivity index (χ0n) is 14.8. The summed E-state index contributed by atoms with van der Waals surface area (Å²) >= 11 is 5.56. The smallest absolute Gasteiger partial charge is 0.244 e. The fourth-order valence-electron chi connectivity index (χ4n) is 2.66. The van der Waals surface area contributed by atoms with Crippen LogP contribution in [0.2, 0.25) is 0 Å². The highest BCUT2D eigenvalue weighted by Gasteiger charge is 2.14. The van der Waals surface area contributed by atoms with E-state index in [0.29, 0.717) is 9.06 Å². The van der Waals surface area contributed by atoms with Crippen molar-refractivity contribution in [3.05, 3.63) is 64.8 Å². The molecule has 0 aromatic carbocycles. The molecule has 0 bridgehead atoms. The van der Waals surface area contributed by atoms with Gasteiger partial charge in [0.25, 0.3) is 5.70 Å². The molecule has 4 heterocycles. The highest BCUT2D eigenvalue weighted by atomic mass is 32.1. The topological polar surface area (TPSA) is 102 Å². The summed E-state index contributed by atoms with van der Waals surface area (Å²) in [6.07, 6.45) is 3.40. The van der Waals surface area contributed by atoms with Crippen molar-refractivity contribution in [3.8, 4) is 39.3 Å². The lowest BCUT2D eigenvalue weighted by Crippen LogP contribution is -1.94. The third-order valence-electron chi connectivity index (χ3n) is 3.92. The van der Waals surface area contributed by atoms with E-state index in [1.54, 1.807) is 24.5 Å². The van der Waals surface area contributed by atoms with Gasteiger partial charge in [0.05, 0.1) is 26.2 Å². The Hall–Kier alpha value is -3.64. The monoisotopic (exact) mass is 458 g/mol. The van der Waals surface area contributed by atoms with Crippen LogP contribution in [-0.2, 0) is 0 Å². The molecule has 10 heteroatoms. The Balaban J connectivity index is 2.30. The van der Waals surface area contributed by atoms with E-state index in [1.165, 1.54) is 45.3 Å². The number of thiophene rings is 2. The summed E-state index contributed by atoms with van der Waals surface area (Å²) in [4.78, 5) is 12.1. The molecule has 0 N–H and O–H groups in total. The Morgan fingerprint density at radius 1 is 0.833 bits per heavy atom. The summed E-state index contributed by atoms with van der Waals surface area (Å²) in [5.41, 5.74) is 1.66. The standard InChI is InChI=1S/C20H6N6S4/c1-24-14(10-23)16-7-13(20-26-3-5-28-20)18(30-16)17-12(19-25-2-4-27-19)6-15(29-17)11(8-21)9-22/h2-7H/b16-14+,18-17+. The minimum atomic E-state index is 0.0120. The minimum Gasteiger partial charge on any atom is -0.244 e. The molecule has 0 aliphatic rings. The van der Waals surface area contributed by atoms with Crippen LogP contribution in [0.1, 0.15) is 0 Å². The van der Waals surface area contributed by atoms with Gasteiger partial charge in [0.1, 0.15) is 27.7 Å². The van der Waals surface area contributed by atoms with E-state index in [0.717, 1.165) is 30.2 Å². The molecule has 0 saturated heterocycles. The van der Waals surface area contributed by atoms with Crippen LogP contribution >= 0.6 is 45.3 Å². The van der Waals surface area contributed by atoms with Crippen molar-refractivity contribution in [2.45, 2.75) is 0 Å². The molecule has 0 radical (unpaired) electrons. The second kappa shape index (κ2) is 8.39. The zero-order chi connectivity index (χ0) is 21.1. The first-order valence-corrected chi connectivity index (χ1v) is 11.5. The molecule has 4 aromatic heterocycles. The van der Waals surface area contributed by atoms with Gasteiger partial charge in [0, 0.05) is 38.8 Å². The number of hydrogen-bond donors (Lipinski definition) is 0. The number of rotatable bonds is 2. The zero-order valence-corrected chi connectivity index (χ0v) is 18.0. The van der Waals surface area contributed by atoms with Gasteiger partial charge in [0.15, 0.2) is 0 Å². The van der Waals surface area contributed by atoms with E-state index in [9.17, 15) is 15.8 Å². The molecule has 0 aliphatic heterocycles. The molecular formula is C20H6N6S4. The average Bonchev–Trinajstić information content (AvgIpc) is 3.55. The first-order valence-electron chi connectivity index (χ1n) is 8.10. The molecular weight excluding hydrogens is 453 g/mol. The van der Waals surface area contributed by atoms with Crippen molar-refractivity contribution in [2.24, 2.45) is 0 Å². The van der Waals surface area contributed by atoms with Gasteiger partial charge in [-0.05, 0) is 12.1 Å². The quantitative estimate of drug-likeness (QED) is 0.421. The van der Waals surface area contributed by atoms with Crippen molar-refractivity contribution in [3.63, 3.8) is 0 Å². The van der Waals surface area contributed by atoms with Crippen LogP contribution in [-0.4, -0.2) is 9.97 Å². The lowest BCUT2D eigenvalue weighted by molar-refractivity contribution is 1.41. The summed E-state index contributed by atoms with van der Waals surface area (Å²) in [6.45, 7) is 7.30. The van der Waals surface area contributed by atoms with E-state index in [-0.39, 0.29) is 11.3 Å². The van der Waals surface area contributed by atoms with Crippen molar-refractivity contribution >= 4 is 56.6 Å². The fourth-order valence-corrected chi connectivity index (χ4v) is 6.47. The maximum absolute atomic E-state index is 9.34. The van der Waals surface area contributed by atoms with E-state index in [1.807, 2.05) is 29.0 Å². The summed E-state index contributed by atoms with van der Waals surface area (Å²) in [5, 5.41) is 33.2. The Morgan fingerprint density at radius 2 is 1.37 bits per heavy atom. The average molecular weight is 459 g/mol. The predicted molar refractivity (Wildman–Crippen MR) is 118 cm³/mol. The number of thiazole rings is 2. The third-order valence-corrected chi connectivity index (χ3v) is 7.99. The van der Waals surface area contributed by atoms with Crippen molar-refractivity contribution in [1.82, 2.24) is 9.97 Å². The number of nitrogens with zero attached hydrogens (tertiary/aromatic N) is 6. The van der Waals surface area contributed by atoms with Gasteiger partial charge in [-0.3, -0.25) is 0 Å². The number of hydrogen-bond acceptors (Lipinski definition) is 9. The summed E-state index contributed by atoms with van der Waals surface area (Å²) in [5.74, 6) is 0. The first kappa shape index (κ1) is 19.7. The minimum absolute atomic E-state index is 0.0120. The third kappa shape index (κ3) is 3.42. The maximum Gasteiger partial charge on any atom is 0.278 e. The van der Waals surface area contributed by atoms with Gasteiger partial charge < -0.3 is 0 Å². The highest BCUT2D eigenvalue weighted by Crippen LogP contribution is 2.30. The molecule has 0 aliphatic carbocycles. The Kier molecular flexibility index (Phi) is 5.50. The van der Waals surface area contributed by atoms with E-state index < -0.39 is 0 Å². The van der Waals surface area contributed by atoms with Gasteiger partial charge in [-0.2, -0.15) is 10.5 Å². The molecule has 0 unspecified atom stereocenters. The van der Waals surface area contributed by atoms with Crippen LogP contribution in [0.25, 0.3) is 37.3 Å². The summed E-state index contributed by atoms with van der Waals surface area (Å²) in [7, 11) is 0. The van der Waals surface area contributed by atoms with Gasteiger partial charge in [0.2, 0.25) is 0 Å². The molecule has 4 rings (SSSR count). The van der Waals surface area contributed by atoms with Gasteiger partial charge in [-0.15, -0.1) is 45.3 Å². The van der Waals surface area contributed by atoms with Gasteiger partial charge in [-0.1, -0.05) is 0 Å². The van der Waals surface area contributed by atoms with Crippen LogP contribution < -0.4 is 9.06 Å². The summed E-state index contributed by atoms with van der Waals surface area (Å²) in [6, 6.07) is 9.44. The molecule has 6 nitrogen and oxygen atoms in total. The summed E-state index contributed by atoms with van der Waals surface area (Å²) < 4.78 is 2.76. The second-order valence-electron chi connectivity index (χ2n) is 5.55. The second-order valence-corrected chi connectivity index (χ2v) is 9.45. The van der Waals surface area contributed by atoms with Crippen molar-refractivity contribution < 1.29 is 0 Å². The van der Waals surface area contributed by atoms with E-state index in [2.05, 4.69) is 14.8 Å². The first-order chi connectivity index (χ1) is 14.7. The molecule has 4 aromatic rings. The van der Waals surface area contributed by atoms with Crippen LogP contribution in [0.4, 0.5) is 0 Å². The SMILES string of the molecule is [C-]#[N+]/C(C#N)=c1\cc(-c2nccs2)/c(=c2\sc(=C(C#N)C#N)cc2-c2nccs2)s1. The Morgan fingerprint density at radius 3 is 1.80 bits per heavy atom. The molecule has 0 atom stereocenters. The number of aromatic nitrogens is 2. The van der Waals surface area contributed by atoms with Crippen molar-refractivity contribution in [2.75, 3.05) is 0 Å². The largest absolute Gasteiger partial charge is 0.278 e. The van der Waals surface area contributed by atoms with Crippen LogP contribution in [0, 0.1) is 49.6 Å². The molecule has 0 spiro atoms. The van der Waals surface area contributed by atoms with Crippen LogP contribution in [0.5, 0.6) is 0 Å². The molecule has 0 saturated carbocycles. The number of nitriles is 3. The van der Waals surface area contributed by atoms with Gasteiger partial charge in [-0.25, -0.2) is 20.1 Å². The predicted octanol–water partition coefficient (Wildman–Crippen LogP) is 4.09. The highest BCUT2D eigenvalue weighted by molar-refractivity contribution is 7.15. The Bertz CT molecular complexity index is 1470. The Labute approximate surface area is 186 Å². The maximum atomic E-state index is 9.34. The fraction of sp³-hybridized carbons (Fsp3) is 0.